The quantitative estimate of drug-likeness (QED) is 0.534. The molecule has 1 heterocycles. The lowest BCUT2D eigenvalue weighted by atomic mass is 10.1. The number of esters is 1. The molecule has 2 aromatic carbocycles. The van der Waals surface area contributed by atoms with E-state index in [2.05, 4.69) is 10.4 Å². The van der Waals surface area contributed by atoms with Gasteiger partial charge in [-0.3, -0.25) is 14.4 Å². The predicted octanol–water partition coefficient (Wildman–Crippen LogP) is 0.305. The van der Waals surface area contributed by atoms with E-state index >= 15 is 0 Å². The number of sulfonamides is 1. The number of benzene rings is 2. The van der Waals surface area contributed by atoms with Gasteiger partial charge in [-0.15, -0.1) is 0 Å². The number of nitrogens with one attached hydrogen (secondary N) is 1. The lowest BCUT2D eigenvalue weighted by Gasteiger charge is -2.09. The highest BCUT2D eigenvalue weighted by atomic mass is 32.2. The normalized spacial score (nSPS) is 11.3. The van der Waals surface area contributed by atoms with Crippen LogP contribution in [0.1, 0.15) is 5.69 Å². The summed E-state index contributed by atoms with van der Waals surface area (Å²) in [5, 5.41) is 12.6. The van der Waals surface area contributed by atoms with Gasteiger partial charge < -0.3 is 10.1 Å². The van der Waals surface area contributed by atoms with E-state index in [1.807, 2.05) is 0 Å². The molecule has 3 aromatic rings. The van der Waals surface area contributed by atoms with E-state index in [0.717, 1.165) is 4.68 Å². The fourth-order valence-electron chi connectivity index (χ4n) is 2.77. The molecule has 0 saturated heterocycles. The van der Waals surface area contributed by atoms with Crippen molar-refractivity contribution in [3.63, 3.8) is 0 Å². The van der Waals surface area contributed by atoms with Crippen LogP contribution in [-0.4, -0.2) is 36.7 Å². The Kier molecular flexibility index (Phi) is 5.94. The highest BCUT2D eigenvalue weighted by molar-refractivity contribution is 7.89. The molecule has 156 valence electrons. The molecular formula is C19H18N4O6S. The first-order valence-electron chi connectivity index (χ1n) is 8.68. The van der Waals surface area contributed by atoms with Crippen LogP contribution in [0.3, 0.4) is 0 Å². The van der Waals surface area contributed by atoms with Crippen molar-refractivity contribution in [2.24, 2.45) is 12.2 Å². The summed E-state index contributed by atoms with van der Waals surface area (Å²) in [7, 11) is -2.35. The van der Waals surface area contributed by atoms with Crippen LogP contribution in [-0.2, 0) is 37.8 Å². The average molecular weight is 430 g/mol. The fraction of sp³-hybridized carbons (Fsp3) is 0.158. The molecule has 0 unspecified atom stereocenters. The van der Waals surface area contributed by atoms with Crippen LogP contribution in [0, 0.1) is 0 Å². The third-order valence-electron chi connectivity index (χ3n) is 4.18. The average Bonchev–Trinajstić information content (AvgIpc) is 2.70. The largest absolute Gasteiger partial charge is 0.455 e. The number of nitrogens with two attached hydrogens (primary N) is 1. The van der Waals surface area contributed by atoms with E-state index in [9.17, 15) is 22.8 Å². The van der Waals surface area contributed by atoms with Crippen LogP contribution in [0.25, 0.3) is 10.8 Å². The van der Waals surface area contributed by atoms with Gasteiger partial charge in [-0.25, -0.2) is 18.2 Å². The number of aryl methyl sites for hydroxylation is 1. The van der Waals surface area contributed by atoms with Crippen molar-refractivity contribution >= 4 is 38.4 Å². The highest BCUT2D eigenvalue weighted by Crippen LogP contribution is 2.14. The van der Waals surface area contributed by atoms with Gasteiger partial charge in [0.2, 0.25) is 10.0 Å². The maximum Gasteiger partial charge on any atom is 0.312 e. The van der Waals surface area contributed by atoms with Crippen molar-refractivity contribution in [3.8, 4) is 0 Å². The summed E-state index contributed by atoms with van der Waals surface area (Å²) >= 11 is 0. The molecule has 0 aliphatic rings. The first kappa shape index (κ1) is 21.1. The van der Waals surface area contributed by atoms with Gasteiger partial charge in [0.1, 0.15) is 0 Å². The number of aromatic nitrogens is 2. The number of fused-ring (bicyclic) bond motifs is 1. The summed E-state index contributed by atoms with van der Waals surface area (Å²) in [6.07, 6.45) is -0.217. The monoisotopic (exact) mass is 430 g/mol. The van der Waals surface area contributed by atoms with Crippen LogP contribution >= 0.6 is 0 Å². The van der Waals surface area contributed by atoms with Gasteiger partial charge >= 0.3 is 5.97 Å². The molecule has 0 saturated carbocycles. The summed E-state index contributed by atoms with van der Waals surface area (Å²) in [5.74, 6) is -1.30. The summed E-state index contributed by atoms with van der Waals surface area (Å²) in [6, 6.07) is 12.0. The smallest absolute Gasteiger partial charge is 0.312 e. The van der Waals surface area contributed by atoms with Crippen molar-refractivity contribution in [3.05, 3.63) is 64.6 Å². The fourth-order valence-corrected chi connectivity index (χ4v) is 3.28. The van der Waals surface area contributed by atoms with E-state index in [-0.39, 0.29) is 16.9 Å². The number of amides is 1. The third-order valence-corrected chi connectivity index (χ3v) is 5.10. The Labute approximate surface area is 171 Å². The number of rotatable bonds is 6. The number of hydrogen-bond acceptors (Lipinski definition) is 7. The van der Waals surface area contributed by atoms with Crippen LogP contribution in [0.15, 0.2) is 58.2 Å². The molecule has 0 atom stereocenters. The maximum absolute atomic E-state index is 12.2. The van der Waals surface area contributed by atoms with Gasteiger partial charge in [-0.05, 0) is 30.3 Å². The molecule has 0 aliphatic carbocycles. The topological polar surface area (TPSA) is 150 Å². The standard InChI is InChI=1S/C19H18N4O6S/c1-23-19(26)15-5-3-2-4-14(15)16(22-23)10-18(25)29-11-17(24)21-12-6-8-13(9-7-12)30(20,27)28/h2-9H,10-11H2,1H3,(H,21,24)(H2,20,27,28). The molecule has 3 rings (SSSR count). The van der Waals surface area contributed by atoms with Crippen LogP contribution in [0.2, 0.25) is 0 Å². The zero-order chi connectivity index (χ0) is 21.9. The van der Waals surface area contributed by atoms with Crippen LogP contribution in [0.4, 0.5) is 5.69 Å². The second-order valence-corrected chi connectivity index (χ2v) is 7.94. The maximum atomic E-state index is 12.2. The van der Waals surface area contributed by atoms with Gasteiger partial charge in [0.15, 0.2) is 6.61 Å². The number of hydrogen-bond donors (Lipinski definition) is 2. The first-order valence-corrected chi connectivity index (χ1v) is 10.2. The molecular weight excluding hydrogens is 412 g/mol. The second kappa shape index (κ2) is 8.43. The number of ether oxygens (including phenoxy) is 1. The number of primary sulfonamides is 1. The minimum Gasteiger partial charge on any atom is -0.455 e. The van der Waals surface area contributed by atoms with E-state index in [1.54, 1.807) is 24.3 Å². The molecule has 0 bridgehead atoms. The van der Waals surface area contributed by atoms with Gasteiger partial charge in [-0.1, -0.05) is 18.2 Å². The lowest BCUT2D eigenvalue weighted by Crippen LogP contribution is -2.24. The van der Waals surface area contributed by atoms with Crippen molar-refractivity contribution in [1.29, 1.82) is 0 Å². The van der Waals surface area contributed by atoms with Crippen LogP contribution in [0.5, 0.6) is 0 Å². The first-order chi connectivity index (χ1) is 14.1. The Balaban J connectivity index is 1.61. The summed E-state index contributed by atoms with van der Waals surface area (Å²) in [5.41, 5.74) is 0.390. The van der Waals surface area contributed by atoms with Gasteiger partial charge in [0.25, 0.3) is 11.5 Å². The molecule has 10 nitrogen and oxygen atoms in total. The van der Waals surface area contributed by atoms with E-state index in [0.29, 0.717) is 22.2 Å². The Hall–Kier alpha value is -3.57. The highest BCUT2D eigenvalue weighted by Gasteiger charge is 2.15. The second-order valence-electron chi connectivity index (χ2n) is 6.38. The Morgan fingerprint density at radius 2 is 1.73 bits per heavy atom. The van der Waals surface area contributed by atoms with E-state index in [1.165, 1.54) is 31.3 Å². The molecule has 0 spiro atoms. The summed E-state index contributed by atoms with van der Waals surface area (Å²) in [6.45, 7) is -0.542. The Bertz CT molecular complexity index is 1280. The van der Waals surface area contributed by atoms with Crippen molar-refractivity contribution in [2.75, 3.05) is 11.9 Å². The Morgan fingerprint density at radius 1 is 1.10 bits per heavy atom. The Morgan fingerprint density at radius 3 is 2.37 bits per heavy atom. The van der Waals surface area contributed by atoms with Gasteiger partial charge in [0, 0.05) is 18.1 Å². The zero-order valence-corrected chi connectivity index (χ0v) is 16.7. The molecule has 1 aromatic heterocycles. The van der Waals surface area contributed by atoms with Crippen molar-refractivity contribution in [1.82, 2.24) is 9.78 Å². The molecule has 0 fully saturated rings. The molecule has 0 aliphatic heterocycles. The number of carbonyl (C=O) groups is 2. The molecule has 30 heavy (non-hydrogen) atoms. The molecule has 3 N–H and O–H groups in total. The number of nitrogens with zero attached hydrogens (tertiary/aromatic N) is 2. The van der Waals surface area contributed by atoms with E-state index in [4.69, 9.17) is 9.88 Å². The summed E-state index contributed by atoms with van der Waals surface area (Å²) < 4.78 is 28.6. The van der Waals surface area contributed by atoms with Gasteiger partial charge in [0.05, 0.1) is 22.4 Å². The third kappa shape index (κ3) is 4.88. The SMILES string of the molecule is Cn1nc(CC(=O)OCC(=O)Nc2ccc(S(N)(=O)=O)cc2)c2ccccc2c1=O. The molecule has 0 radical (unpaired) electrons. The molecule has 1 amide bonds. The lowest BCUT2D eigenvalue weighted by molar-refractivity contribution is -0.146. The number of anilines is 1. The van der Waals surface area contributed by atoms with Gasteiger partial charge in [-0.2, -0.15) is 5.10 Å². The zero-order valence-electron chi connectivity index (χ0n) is 15.9. The van der Waals surface area contributed by atoms with Crippen LogP contribution < -0.4 is 16.0 Å². The number of carbonyl (C=O) groups excluding carboxylic acids is 2. The minimum atomic E-state index is -3.83. The minimum absolute atomic E-state index is 0.0936. The van der Waals surface area contributed by atoms with Crippen molar-refractivity contribution in [2.45, 2.75) is 11.3 Å². The summed E-state index contributed by atoms with van der Waals surface area (Å²) in [4.78, 5) is 36.2. The molecule has 11 heteroatoms. The van der Waals surface area contributed by atoms with Crippen molar-refractivity contribution < 1.29 is 22.7 Å². The van der Waals surface area contributed by atoms with E-state index < -0.39 is 28.5 Å². The predicted molar refractivity (Wildman–Crippen MR) is 108 cm³/mol.